The van der Waals surface area contributed by atoms with Crippen molar-refractivity contribution in [3.63, 3.8) is 0 Å². The van der Waals surface area contributed by atoms with Gasteiger partial charge >= 0.3 is 0 Å². The second-order valence-electron chi connectivity index (χ2n) is 1.95. The van der Waals surface area contributed by atoms with Gasteiger partial charge in [-0.3, -0.25) is 4.79 Å². The maximum atomic E-state index is 9.72. The van der Waals surface area contributed by atoms with Crippen molar-refractivity contribution in [1.29, 1.82) is 0 Å². The van der Waals surface area contributed by atoms with Crippen molar-refractivity contribution < 1.29 is 9.53 Å². The summed E-state index contributed by atoms with van der Waals surface area (Å²) in [5, 5.41) is 0. The first kappa shape index (κ1) is 8.95. The Hall–Kier alpha value is -1.05. The molecule has 56 valence electrons. The van der Waals surface area contributed by atoms with Gasteiger partial charge in [-0.2, -0.15) is 0 Å². The summed E-state index contributed by atoms with van der Waals surface area (Å²) >= 11 is 0. The lowest BCUT2D eigenvalue weighted by molar-refractivity contribution is -0.127. The van der Waals surface area contributed by atoms with E-state index in [2.05, 4.69) is 4.74 Å². The van der Waals surface area contributed by atoms with Crippen molar-refractivity contribution >= 4 is 6.47 Å². The van der Waals surface area contributed by atoms with Gasteiger partial charge in [0.25, 0.3) is 6.47 Å². The Bertz CT molecular complexity index is 145. The average molecular weight is 140 g/mol. The van der Waals surface area contributed by atoms with Gasteiger partial charge in [0.05, 0.1) is 0 Å². The summed E-state index contributed by atoms with van der Waals surface area (Å²) in [7, 11) is 0. The molecule has 0 rings (SSSR count). The molecule has 2 nitrogen and oxygen atoms in total. The molecule has 0 aliphatic rings. The monoisotopic (exact) mass is 140 g/mol. The third-order valence-electron chi connectivity index (χ3n) is 0.952. The molecule has 0 amide bonds. The highest BCUT2D eigenvalue weighted by Crippen LogP contribution is 1.92. The van der Waals surface area contributed by atoms with Gasteiger partial charge in [-0.1, -0.05) is 18.2 Å². The van der Waals surface area contributed by atoms with Gasteiger partial charge in [-0.05, 0) is 19.4 Å². The molecule has 0 saturated carbocycles. The van der Waals surface area contributed by atoms with Crippen molar-refractivity contribution in [2.75, 3.05) is 6.61 Å². The molecule has 0 N–H and O–H groups in total. The minimum Gasteiger partial charge on any atom is -0.463 e. The van der Waals surface area contributed by atoms with E-state index in [1.807, 2.05) is 32.1 Å². The SMILES string of the molecule is C/C=C\C=C(\C)COC=O. The molecule has 0 atom stereocenters. The van der Waals surface area contributed by atoms with Crippen molar-refractivity contribution in [3.8, 4) is 0 Å². The number of hydrogen-bond donors (Lipinski definition) is 0. The zero-order valence-corrected chi connectivity index (χ0v) is 6.33. The second-order valence-corrected chi connectivity index (χ2v) is 1.95. The van der Waals surface area contributed by atoms with E-state index in [9.17, 15) is 4.79 Å². The second kappa shape index (κ2) is 6.08. The quantitative estimate of drug-likeness (QED) is 0.438. The molecular weight excluding hydrogens is 128 g/mol. The number of carbonyl (C=O) groups is 1. The van der Waals surface area contributed by atoms with Gasteiger partial charge < -0.3 is 4.74 Å². The van der Waals surface area contributed by atoms with E-state index in [1.54, 1.807) is 0 Å². The average Bonchev–Trinajstić information content (AvgIpc) is 1.97. The summed E-state index contributed by atoms with van der Waals surface area (Å²) in [5.41, 5.74) is 1.03. The first-order valence-electron chi connectivity index (χ1n) is 3.15. The Labute approximate surface area is 61.2 Å². The van der Waals surface area contributed by atoms with Crippen LogP contribution in [-0.4, -0.2) is 13.1 Å². The summed E-state index contributed by atoms with van der Waals surface area (Å²) < 4.78 is 4.51. The Morgan fingerprint density at radius 2 is 2.30 bits per heavy atom. The van der Waals surface area contributed by atoms with Crippen LogP contribution in [-0.2, 0) is 9.53 Å². The van der Waals surface area contributed by atoms with Gasteiger partial charge in [-0.15, -0.1) is 0 Å². The maximum Gasteiger partial charge on any atom is 0.293 e. The summed E-state index contributed by atoms with van der Waals surface area (Å²) in [6.45, 7) is 4.68. The van der Waals surface area contributed by atoms with Crippen molar-refractivity contribution in [1.82, 2.24) is 0 Å². The number of ether oxygens (including phenoxy) is 1. The van der Waals surface area contributed by atoms with E-state index in [0.717, 1.165) is 5.57 Å². The first-order valence-corrected chi connectivity index (χ1v) is 3.15. The molecule has 0 bridgehead atoms. The van der Waals surface area contributed by atoms with Crippen LogP contribution in [0.25, 0.3) is 0 Å². The third-order valence-corrected chi connectivity index (χ3v) is 0.952. The lowest BCUT2D eigenvalue weighted by atomic mass is 10.3. The predicted octanol–water partition coefficient (Wildman–Crippen LogP) is 1.68. The lowest BCUT2D eigenvalue weighted by Crippen LogP contribution is -1.91. The molecule has 0 fully saturated rings. The molecule has 0 aromatic rings. The van der Waals surface area contributed by atoms with Gasteiger partial charge in [0.1, 0.15) is 6.61 Å². The van der Waals surface area contributed by atoms with E-state index >= 15 is 0 Å². The minimum atomic E-state index is 0.383. The van der Waals surface area contributed by atoms with E-state index in [0.29, 0.717) is 13.1 Å². The fourth-order valence-electron chi connectivity index (χ4n) is 0.474. The highest BCUT2D eigenvalue weighted by molar-refractivity contribution is 5.37. The van der Waals surface area contributed by atoms with Crippen LogP contribution in [0.3, 0.4) is 0 Å². The van der Waals surface area contributed by atoms with Gasteiger partial charge in [-0.25, -0.2) is 0 Å². The standard InChI is InChI=1S/C8H12O2/c1-3-4-5-8(2)6-10-7-9/h3-5,7H,6H2,1-2H3/b4-3-,8-5-. The molecule has 0 saturated heterocycles. The lowest BCUT2D eigenvalue weighted by Gasteiger charge is -1.95. The molecular formula is C8H12O2. The molecule has 0 spiro atoms. The molecule has 0 heterocycles. The fourth-order valence-corrected chi connectivity index (χ4v) is 0.474. The van der Waals surface area contributed by atoms with Crippen LogP contribution < -0.4 is 0 Å². The number of rotatable bonds is 4. The predicted molar refractivity (Wildman–Crippen MR) is 40.6 cm³/mol. The molecule has 0 radical (unpaired) electrons. The molecule has 0 aromatic heterocycles. The van der Waals surface area contributed by atoms with E-state index in [-0.39, 0.29) is 0 Å². The molecule has 0 aliphatic heterocycles. The Morgan fingerprint density at radius 3 is 2.80 bits per heavy atom. The van der Waals surface area contributed by atoms with Crippen LogP contribution in [0.1, 0.15) is 13.8 Å². The van der Waals surface area contributed by atoms with Crippen LogP contribution in [0.15, 0.2) is 23.8 Å². The van der Waals surface area contributed by atoms with E-state index in [1.165, 1.54) is 0 Å². The minimum absolute atomic E-state index is 0.383. The topological polar surface area (TPSA) is 26.3 Å². The summed E-state index contributed by atoms with van der Waals surface area (Å²) in [5.74, 6) is 0. The van der Waals surface area contributed by atoms with Crippen LogP contribution in [0, 0.1) is 0 Å². The molecule has 0 aliphatic carbocycles. The molecule has 10 heavy (non-hydrogen) atoms. The summed E-state index contributed by atoms with van der Waals surface area (Å²) in [4.78, 5) is 9.72. The summed E-state index contributed by atoms with van der Waals surface area (Å²) in [6, 6.07) is 0. The van der Waals surface area contributed by atoms with Gasteiger partial charge in [0.2, 0.25) is 0 Å². The fraction of sp³-hybridized carbons (Fsp3) is 0.375. The van der Waals surface area contributed by atoms with Gasteiger partial charge in [0, 0.05) is 0 Å². The Kier molecular flexibility index (Phi) is 5.44. The largest absolute Gasteiger partial charge is 0.463 e. The Morgan fingerprint density at radius 1 is 1.60 bits per heavy atom. The van der Waals surface area contributed by atoms with Crippen molar-refractivity contribution in [3.05, 3.63) is 23.8 Å². The van der Waals surface area contributed by atoms with Crippen molar-refractivity contribution in [2.24, 2.45) is 0 Å². The Balaban J connectivity index is 3.59. The third kappa shape index (κ3) is 5.09. The highest BCUT2D eigenvalue weighted by Gasteiger charge is 1.84. The smallest absolute Gasteiger partial charge is 0.293 e. The number of hydrogen-bond acceptors (Lipinski definition) is 2. The first-order chi connectivity index (χ1) is 4.81. The highest BCUT2D eigenvalue weighted by atomic mass is 16.5. The zero-order chi connectivity index (χ0) is 7.82. The normalized spacial score (nSPS) is 12.0. The van der Waals surface area contributed by atoms with Crippen LogP contribution in [0.2, 0.25) is 0 Å². The van der Waals surface area contributed by atoms with Gasteiger partial charge in [0.15, 0.2) is 0 Å². The molecule has 2 heteroatoms. The van der Waals surface area contributed by atoms with Crippen LogP contribution >= 0.6 is 0 Å². The maximum absolute atomic E-state index is 9.72. The number of allylic oxidation sites excluding steroid dienone is 3. The molecule has 0 unspecified atom stereocenters. The number of carbonyl (C=O) groups excluding carboxylic acids is 1. The summed E-state index contributed by atoms with van der Waals surface area (Å²) in [6.07, 6.45) is 5.73. The van der Waals surface area contributed by atoms with Crippen LogP contribution in [0.5, 0.6) is 0 Å². The molecule has 0 aromatic carbocycles. The van der Waals surface area contributed by atoms with E-state index < -0.39 is 0 Å². The van der Waals surface area contributed by atoms with Crippen molar-refractivity contribution in [2.45, 2.75) is 13.8 Å². The zero-order valence-electron chi connectivity index (χ0n) is 6.33. The van der Waals surface area contributed by atoms with Crippen LogP contribution in [0.4, 0.5) is 0 Å². The van der Waals surface area contributed by atoms with E-state index in [4.69, 9.17) is 0 Å².